The minimum atomic E-state index is -3.79. The average molecular weight is 504 g/mol. The highest BCUT2D eigenvalue weighted by atomic mass is 79.9. The summed E-state index contributed by atoms with van der Waals surface area (Å²) in [5, 5.41) is 0.751. The third kappa shape index (κ3) is 3.53. The molecule has 0 fully saturated rings. The van der Waals surface area contributed by atoms with Crippen LogP contribution < -0.4 is 0 Å². The number of aryl methyl sites for hydroxylation is 1. The van der Waals surface area contributed by atoms with Gasteiger partial charge in [-0.1, -0.05) is 48.5 Å². The molecule has 5 rings (SSSR count). The van der Waals surface area contributed by atoms with Gasteiger partial charge >= 0.3 is 0 Å². The van der Waals surface area contributed by atoms with Gasteiger partial charge in [-0.05, 0) is 58.2 Å². The van der Waals surface area contributed by atoms with E-state index in [1.54, 1.807) is 48.9 Å². The minimum Gasteiger partial charge on any atom is -0.256 e. The van der Waals surface area contributed by atoms with Crippen LogP contribution in [-0.2, 0) is 10.0 Å². The normalized spacial score (nSPS) is 11.7. The van der Waals surface area contributed by atoms with E-state index in [0.29, 0.717) is 5.65 Å². The highest BCUT2D eigenvalue weighted by molar-refractivity contribution is 9.10. The van der Waals surface area contributed by atoms with Crippen LogP contribution >= 0.6 is 15.9 Å². The van der Waals surface area contributed by atoms with Crippen LogP contribution in [0.15, 0.2) is 101 Å². The number of benzene rings is 2. The number of fused-ring (bicyclic) bond motifs is 1. The van der Waals surface area contributed by atoms with Crippen molar-refractivity contribution in [2.24, 2.45) is 0 Å². The van der Waals surface area contributed by atoms with E-state index >= 15 is 0 Å². The number of rotatable bonds is 4. The van der Waals surface area contributed by atoms with Crippen LogP contribution in [0.4, 0.5) is 0 Å². The summed E-state index contributed by atoms with van der Waals surface area (Å²) < 4.78 is 28.8. The Morgan fingerprint density at radius 1 is 0.875 bits per heavy atom. The maximum Gasteiger partial charge on any atom is 0.269 e. The van der Waals surface area contributed by atoms with Gasteiger partial charge in [0.05, 0.1) is 10.6 Å². The van der Waals surface area contributed by atoms with E-state index in [1.165, 1.54) is 3.97 Å². The van der Waals surface area contributed by atoms with Crippen molar-refractivity contribution in [1.29, 1.82) is 0 Å². The van der Waals surface area contributed by atoms with E-state index in [-0.39, 0.29) is 4.90 Å². The lowest BCUT2D eigenvalue weighted by Gasteiger charge is -2.06. The number of hydrogen-bond acceptors (Lipinski definition) is 4. The molecule has 0 bridgehead atoms. The minimum absolute atomic E-state index is 0.217. The van der Waals surface area contributed by atoms with Crippen LogP contribution in [0.3, 0.4) is 0 Å². The van der Waals surface area contributed by atoms with Crippen molar-refractivity contribution in [3.63, 3.8) is 0 Å². The Balaban J connectivity index is 1.67. The predicted molar refractivity (Wildman–Crippen MR) is 130 cm³/mol. The van der Waals surface area contributed by atoms with E-state index in [2.05, 4.69) is 25.9 Å². The van der Waals surface area contributed by atoms with Crippen LogP contribution in [0.25, 0.3) is 33.4 Å². The standard InChI is InChI=1S/C25H18BrN3O2S/c1-17-6-5-13-27-24(17)19-11-9-18(10-12-19)23-16-29(25-22(23)14-20(26)15-28-25)32(30,31)21-7-3-2-4-8-21/h2-16H,1H3. The molecule has 32 heavy (non-hydrogen) atoms. The second kappa shape index (κ2) is 8.00. The summed E-state index contributed by atoms with van der Waals surface area (Å²) in [5.74, 6) is 0. The first-order valence-corrected chi connectivity index (χ1v) is 12.2. The molecule has 0 aliphatic heterocycles. The molecular formula is C25H18BrN3O2S. The van der Waals surface area contributed by atoms with Crippen molar-refractivity contribution in [3.8, 4) is 22.4 Å². The van der Waals surface area contributed by atoms with Crippen LogP contribution in [0, 0.1) is 6.92 Å². The molecular weight excluding hydrogens is 486 g/mol. The van der Waals surface area contributed by atoms with E-state index in [0.717, 1.165) is 37.8 Å². The SMILES string of the molecule is Cc1cccnc1-c1ccc(-c2cn(S(=O)(=O)c3ccccc3)c3ncc(Br)cc23)cc1. The third-order valence-corrected chi connectivity index (χ3v) is 7.46. The fraction of sp³-hybridized carbons (Fsp3) is 0.0400. The van der Waals surface area contributed by atoms with Crippen molar-refractivity contribution in [3.05, 3.63) is 101 Å². The van der Waals surface area contributed by atoms with Crippen LogP contribution in [0.2, 0.25) is 0 Å². The average Bonchev–Trinajstić information content (AvgIpc) is 3.19. The molecule has 3 heterocycles. The van der Waals surface area contributed by atoms with Crippen LogP contribution in [-0.4, -0.2) is 22.4 Å². The molecule has 0 spiro atoms. The summed E-state index contributed by atoms with van der Waals surface area (Å²) in [6.07, 6.45) is 5.03. The molecule has 158 valence electrons. The van der Waals surface area contributed by atoms with Gasteiger partial charge in [-0.2, -0.15) is 0 Å². The van der Waals surface area contributed by atoms with E-state index in [4.69, 9.17) is 0 Å². The molecule has 2 aromatic carbocycles. The van der Waals surface area contributed by atoms with Gasteiger partial charge in [0, 0.05) is 39.6 Å². The fourth-order valence-corrected chi connectivity index (χ4v) is 5.45. The topological polar surface area (TPSA) is 64.8 Å². The highest BCUT2D eigenvalue weighted by Gasteiger charge is 2.23. The summed E-state index contributed by atoms with van der Waals surface area (Å²) in [6, 6.07) is 22.2. The maximum atomic E-state index is 13.4. The molecule has 3 aromatic heterocycles. The maximum absolute atomic E-state index is 13.4. The van der Waals surface area contributed by atoms with Gasteiger partial charge < -0.3 is 0 Å². The second-order valence-corrected chi connectivity index (χ2v) is 10.2. The second-order valence-electron chi connectivity index (χ2n) is 7.43. The molecule has 0 atom stereocenters. The predicted octanol–water partition coefficient (Wildman–Crippen LogP) is 6.07. The molecule has 0 saturated carbocycles. The Morgan fingerprint density at radius 3 is 2.31 bits per heavy atom. The Hall–Kier alpha value is -3.29. The molecule has 5 aromatic rings. The summed E-state index contributed by atoms with van der Waals surface area (Å²) in [5.41, 5.74) is 5.10. The van der Waals surface area contributed by atoms with Crippen molar-refractivity contribution in [2.75, 3.05) is 0 Å². The van der Waals surface area contributed by atoms with Gasteiger partial charge in [-0.15, -0.1) is 0 Å². The summed E-state index contributed by atoms with van der Waals surface area (Å²) >= 11 is 3.46. The van der Waals surface area contributed by atoms with E-state index in [1.807, 2.05) is 49.4 Å². The number of hydrogen-bond donors (Lipinski definition) is 0. The molecule has 0 radical (unpaired) electrons. The van der Waals surface area contributed by atoms with Gasteiger partial charge in [0.1, 0.15) is 0 Å². The summed E-state index contributed by atoms with van der Waals surface area (Å²) in [7, 11) is -3.79. The van der Waals surface area contributed by atoms with Crippen LogP contribution in [0.1, 0.15) is 5.56 Å². The van der Waals surface area contributed by atoms with Gasteiger partial charge in [0.15, 0.2) is 5.65 Å². The molecule has 0 N–H and O–H groups in total. The number of nitrogens with zero attached hydrogens (tertiary/aromatic N) is 3. The van der Waals surface area contributed by atoms with Gasteiger partial charge in [0.2, 0.25) is 0 Å². The van der Waals surface area contributed by atoms with Gasteiger partial charge in [0.25, 0.3) is 10.0 Å². The highest BCUT2D eigenvalue weighted by Crippen LogP contribution is 2.34. The summed E-state index contributed by atoms with van der Waals surface area (Å²) in [4.78, 5) is 9.12. The lowest BCUT2D eigenvalue weighted by atomic mass is 10.0. The van der Waals surface area contributed by atoms with E-state index in [9.17, 15) is 8.42 Å². The van der Waals surface area contributed by atoms with Crippen molar-refractivity contribution >= 4 is 37.0 Å². The Bertz CT molecular complexity index is 1540. The van der Waals surface area contributed by atoms with Gasteiger partial charge in [-0.25, -0.2) is 17.4 Å². The first kappa shape index (κ1) is 20.6. The third-order valence-electron chi connectivity index (χ3n) is 5.36. The van der Waals surface area contributed by atoms with Crippen molar-refractivity contribution in [1.82, 2.24) is 13.9 Å². The largest absolute Gasteiger partial charge is 0.269 e. The first-order valence-electron chi connectivity index (χ1n) is 9.95. The first-order chi connectivity index (χ1) is 15.4. The zero-order chi connectivity index (χ0) is 22.3. The zero-order valence-corrected chi connectivity index (χ0v) is 19.5. The summed E-state index contributed by atoms with van der Waals surface area (Å²) in [6.45, 7) is 2.03. The van der Waals surface area contributed by atoms with Crippen molar-refractivity contribution in [2.45, 2.75) is 11.8 Å². The van der Waals surface area contributed by atoms with E-state index < -0.39 is 10.0 Å². The lowest BCUT2D eigenvalue weighted by Crippen LogP contribution is -2.12. The Kier molecular flexibility index (Phi) is 5.15. The quantitative estimate of drug-likeness (QED) is 0.298. The molecule has 5 nitrogen and oxygen atoms in total. The number of pyridine rings is 2. The zero-order valence-electron chi connectivity index (χ0n) is 17.1. The Morgan fingerprint density at radius 2 is 1.59 bits per heavy atom. The molecule has 0 unspecified atom stereocenters. The molecule has 0 saturated heterocycles. The fourth-order valence-electron chi connectivity index (χ4n) is 3.77. The van der Waals surface area contributed by atoms with Gasteiger partial charge in [-0.3, -0.25) is 4.98 Å². The molecule has 0 aliphatic carbocycles. The molecule has 7 heteroatoms. The molecule has 0 aliphatic rings. The Labute approximate surface area is 194 Å². The monoisotopic (exact) mass is 503 g/mol. The smallest absolute Gasteiger partial charge is 0.256 e. The number of aromatic nitrogens is 3. The van der Waals surface area contributed by atoms with Crippen LogP contribution in [0.5, 0.6) is 0 Å². The number of halogens is 1. The van der Waals surface area contributed by atoms with Crippen molar-refractivity contribution < 1.29 is 8.42 Å². The molecule has 0 amide bonds. The lowest BCUT2D eigenvalue weighted by molar-refractivity contribution is 0.589.